The Morgan fingerprint density at radius 2 is 2.18 bits per heavy atom. The molecular weight excluding hydrogens is 232 g/mol. The topological polar surface area (TPSA) is 13.1 Å². The lowest BCUT2D eigenvalue weighted by molar-refractivity contribution is 0.389. The molecule has 0 radical (unpaired) electrons. The summed E-state index contributed by atoms with van der Waals surface area (Å²) in [5.41, 5.74) is 2.26. The molecule has 1 saturated carbocycles. The molecule has 1 nitrogen and oxygen atoms in total. The molecule has 1 fully saturated rings. The van der Waals surface area contributed by atoms with Crippen molar-refractivity contribution in [2.45, 2.75) is 43.9 Å². The minimum atomic E-state index is 0.322. The summed E-state index contributed by atoms with van der Waals surface area (Å²) in [5.74, 6) is 1.64. The number of halogens is 1. The molecule has 0 saturated heterocycles. The van der Waals surface area contributed by atoms with E-state index in [0.29, 0.717) is 11.3 Å². The molecule has 17 heavy (non-hydrogen) atoms. The number of hydrogen-bond acceptors (Lipinski definition) is 1. The van der Waals surface area contributed by atoms with Gasteiger partial charge in [-0.3, -0.25) is 0 Å². The summed E-state index contributed by atoms with van der Waals surface area (Å²) in [5, 5.41) is 1.54. The number of hydrogen-bond donors (Lipinski definition) is 0. The van der Waals surface area contributed by atoms with E-state index in [-0.39, 0.29) is 0 Å². The molecule has 2 unspecified atom stereocenters. The van der Waals surface area contributed by atoms with Crippen molar-refractivity contribution in [3.63, 3.8) is 0 Å². The minimum absolute atomic E-state index is 0.322. The lowest BCUT2D eigenvalue weighted by atomic mass is 9.87. The Kier molecular flexibility index (Phi) is 2.87. The van der Waals surface area contributed by atoms with Gasteiger partial charge >= 0.3 is 0 Å². The normalized spacial score (nSPS) is 25.3. The smallest absolute Gasteiger partial charge is 0.137 e. The van der Waals surface area contributed by atoms with Crippen molar-refractivity contribution in [2.24, 2.45) is 0 Å². The van der Waals surface area contributed by atoms with E-state index >= 15 is 0 Å². The van der Waals surface area contributed by atoms with Crippen molar-refractivity contribution in [1.29, 1.82) is 0 Å². The molecule has 1 aliphatic carbocycles. The van der Waals surface area contributed by atoms with Crippen LogP contribution < -0.4 is 0 Å². The molecule has 3 rings (SSSR count). The first-order valence-electron chi connectivity index (χ1n) is 6.37. The molecule has 0 amide bonds. The molecule has 1 aromatic carbocycles. The Bertz CT molecular complexity index is 529. The molecule has 2 heteroatoms. The number of aryl methyl sites for hydroxylation is 1. The van der Waals surface area contributed by atoms with Crippen LogP contribution in [0.3, 0.4) is 0 Å². The molecule has 90 valence electrons. The predicted octanol–water partition coefficient (Wildman–Crippen LogP) is 5.01. The first-order chi connectivity index (χ1) is 8.24. The zero-order valence-corrected chi connectivity index (χ0v) is 10.8. The van der Waals surface area contributed by atoms with Gasteiger partial charge in [0, 0.05) is 16.7 Å². The van der Waals surface area contributed by atoms with Gasteiger partial charge in [0.25, 0.3) is 0 Å². The summed E-state index contributed by atoms with van der Waals surface area (Å²) < 4.78 is 6.03. The number of benzene rings is 1. The summed E-state index contributed by atoms with van der Waals surface area (Å²) in [6.45, 7) is 2.10. The molecule has 2 aromatic rings. The van der Waals surface area contributed by atoms with Gasteiger partial charge in [-0.05, 0) is 37.8 Å². The van der Waals surface area contributed by atoms with E-state index in [1.54, 1.807) is 0 Å². The fourth-order valence-corrected chi connectivity index (χ4v) is 3.19. The monoisotopic (exact) mass is 248 g/mol. The number of rotatable bonds is 1. The van der Waals surface area contributed by atoms with Crippen LogP contribution >= 0.6 is 11.6 Å². The molecule has 0 bridgehead atoms. The third-order valence-corrected chi connectivity index (χ3v) is 4.17. The molecule has 1 heterocycles. The third kappa shape index (κ3) is 2.09. The van der Waals surface area contributed by atoms with Crippen molar-refractivity contribution < 1.29 is 4.42 Å². The summed E-state index contributed by atoms with van der Waals surface area (Å²) in [7, 11) is 0. The van der Waals surface area contributed by atoms with Crippen molar-refractivity contribution >= 4 is 22.6 Å². The van der Waals surface area contributed by atoms with E-state index in [2.05, 4.69) is 31.2 Å². The molecule has 2 atom stereocenters. The summed E-state index contributed by atoms with van der Waals surface area (Å²) in [6.07, 6.45) is 4.63. The molecule has 0 spiro atoms. The van der Waals surface area contributed by atoms with Gasteiger partial charge in [0.2, 0.25) is 0 Å². The lowest BCUT2D eigenvalue weighted by Gasteiger charge is -2.23. The van der Waals surface area contributed by atoms with Crippen molar-refractivity contribution in [3.8, 4) is 0 Å². The summed E-state index contributed by atoms with van der Waals surface area (Å²) >= 11 is 6.25. The SMILES string of the molecule is Cc1cccc2cc(C3CCCC(Cl)C3)oc12. The highest BCUT2D eigenvalue weighted by Crippen LogP contribution is 2.37. The number of furan rings is 1. The van der Waals surface area contributed by atoms with Gasteiger partial charge in [0.15, 0.2) is 0 Å². The van der Waals surface area contributed by atoms with Crippen LogP contribution in [0.15, 0.2) is 28.7 Å². The van der Waals surface area contributed by atoms with Crippen molar-refractivity contribution in [1.82, 2.24) is 0 Å². The van der Waals surface area contributed by atoms with Gasteiger partial charge in [0.05, 0.1) is 0 Å². The second kappa shape index (κ2) is 4.38. The predicted molar refractivity (Wildman–Crippen MR) is 71.8 cm³/mol. The van der Waals surface area contributed by atoms with Crippen LogP contribution in [-0.2, 0) is 0 Å². The van der Waals surface area contributed by atoms with E-state index in [1.165, 1.54) is 23.8 Å². The third-order valence-electron chi connectivity index (χ3n) is 3.77. The van der Waals surface area contributed by atoms with Gasteiger partial charge < -0.3 is 4.42 Å². The first-order valence-corrected chi connectivity index (χ1v) is 6.81. The largest absolute Gasteiger partial charge is 0.461 e. The molecule has 0 aliphatic heterocycles. The zero-order chi connectivity index (χ0) is 11.8. The highest BCUT2D eigenvalue weighted by Gasteiger charge is 2.24. The molecular formula is C15H17ClO. The van der Waals surface area contributed by atoms with Crippen LogP contribution in [0.5, 0.6) is 0 Å². The number of fused-ring (bicyclic) bond motifs is 1. The zero-order valence-electron chi connectivity index (χ0n) is 10.1. The van der Waals surface area contributed by atoms with Crippen LogP contribution in [0.25, 0.3) is 11.0 Å². The average Bonchev–Trinajstić information content (AvgIpc) is 2.74. The highest BCUT2D eigenvalue weighted by molar-refractivity contribution is 6.20. The van der Waals surface area contributed by atoms with Crippen LogP contribution in [0.2, 0.25) is 0 Å². The molecule has 1 aromatic heterocycles. The average molecular weight is 249 g/mol. The van der Waals surface area contributed by atoms with Gasteiger partial charge in [-0.2, -0.15) is 0 Å². The van der Waals surface area contributed by atoms with E-state index in [0.717, 1.165) is 24.2 Å². The first kappa shape index (κ1) is 11.2. The van der Waals surface area contributed by atoms with Gasteiger partial charge in [-0.1, -0.05) is 24.6 Å². The second-order valence-electron chi connectivity index (χ2n) is 5.10. The van der Waals surface area contributed by atoms with E-state index in [1.807, 2.05) is 0 Å². The van der Waals surface area contributed by atoms with E-state index < -0.39 is 0 Å². The van der Waals surface area contributed by atoms with Crippen LogP contribution in [-0.4, -0.2) is 5.38 Å². The number of alkyl halides is 1. The number of para-hydroxylation sites is 1. The maximum absolute atomic E-state index is 6.25. The highest BCUT2D eigenvalue weighted by atomic mass is 35.5. The Morgan fingerprint density at radius 3 is 2.94 bits per heavy atom. The van der Waals surface area contributed by atoms with Gasteiger partial charge in [-0.15, -0.1) is 11.6 Å². The quantitative estimate of drug-likeness (QED) is 0.647. The summed E-state index contributed by atoms with van der Waals surface area (Å²) in [6, 6.07) is 8.50. The fourth-order valence-electron chi connectivity index (χ4n) is 2.82. The maximum atomic E-state index is 6.25. The van der Waals surface area contributed by atoms with E-state index in [9.17, 15) is 0 Å². The standard InChI is InChI=1S/C15H17ClO/c1-10-4-2-6-12-9-14(17-15(10)12)11-5-3-7-13(16)8-11/h2,4,6,9,11,13H,3,5,7-8H2,1H3. The summed E-state index contributed by atoms with van der Waals surface area (Å²) in [4.78, 5) is 0. The van der Waals surface area contributed by atoms with Crippen LogP contribution in [0, 0.1) is 6.92 Å². The Balaban J connectivity index is 1.97. The fraction of sp³-hybridized carbons (Fsp3) is 0.467. The van der Waals surface area contributed by atoms with Crippen LogP contribution in [0.4, 0.5) is 0 Å². The Labute approximate surface area is 107 Å². The molecule has 1 aliphatic rings. The minimum Gasteiger partial charge on any atom is -0.461 e. The van der Waals surface area contributed by atoms with Gasteiger partial charge in [-0.25, -0.2) is 0 Å². The lowest BCUT2D eigenvalue weighted by Crippen LogP contribution is -2.13. The van der Waals surface area contributed by atoms with Crippen molar-refractivity contribution in [3.05, 3.63) is 35.6 Å². The molecule has 0 N–H and O–H groups in total. The van der Waals surface area contributed by atoms with E-state index in [4.69, 9.17) is 16.0 Å². The van der Waals surface area contributed by atoms with Gasteiger partial charge in [0.1, 0.15) is 11.3 Å². The maximum Gasteiger partial charge on any atom is 0.137 e. The Morgan fingerprint density at radius 1 is 1.29 bits per heavy atom. The van der Waals surface area contributed by atoms with Crippen molar-refractivity contribution in [2.75, 3.05) is 0 Å². The second-order valence-corrected chi connectivity index (χ2v) is 5.72. The Hall–Kier alpha value is -0.950. The van der Waals surface area contributed by atoms with Crippen LogP contribution in [0.1, 0.15) is 42.9 Å².